The van der Waals surface area contributed by atoms with Crippen molar-refractivity contribution in [3.05, 3.63) is 72.9 Å². The van der Waals surface area contributed by atoms with Crippen LogP contribution in [0.25, 0.3) is 0 Å². The minimum Gasteiger partial charge on any atom is -0.462 e. The molecule has 0 N–H and O–H groups in total. The molecular formula is C69H122O6. The average Bonchev–Trinajstić information content (AvgIpc) is 3.41. The molecule has 0 aliphatic heterocycles. The lowest BCUT2D eigenvalue weighted by Crippen LogP contribution is -2.30. The largest absolute Gasteiger partial charge is 0.462 e. The lowest BCUT2D eigenvalue weighted by atomic mass is 10.1. The number of hydrogen-bond acceptors (Lipinski definition) is 6. The zero-order valence-corrected chi connectivity index (χ0v) is 49.8. The van der Waals surface area contributed by atoms with Crippen molar-refractivity contribution in [3.63, 3.8) is 0 Å². The van der Waals surface area contributed by atoms with Crippen LogP contribution in [0.15, 0.2) is 72.9 Å². The lowest BCUT2D eigenvalue weighted by molar-refractivity contribution is -0.167. The second-order valence-corrected chi connectivity index (χ2v) is 21.7. The van der Waals surface area contributed by atoms with E-state index in [1.807, 2.05) is 0 Å². The summed E-state index contributed by atoms with van der Waals surface area (Å²) in [4.78, 5) is 38.4. The number of esters is 3. The molecule has 0 aromatic heterocycles. The highest BCUT2D eigenvalue weighted by Gasteiger charge is 2.19. The van der Waals surface area contributed by atoms with Crippen LogP contribution in [0, 0.1) is 0 Å². The summed E-state index contributed by atoms with van der Waals surface area (Å²) in [5.41, 5.74) is 0. The summed E-state index contributed by atoms with van der Waals surface area (Å²) >= 11 is 0. The van der Waals surface area contributed by atoms with E-state index >= 15 is 0 Å². The highest BCUT2D eigenvalue weighted by molar-refractivity contribution is 5.71. The predicted molar refractivity (Wildman–Crippen MR) is 325 cm³/mol. The maximum absolute atomic E-state index is 12.9. The van der Waals surface area contributed by atoms with Crippen LogP contribution in [0.4, 0.5) is 0 Å². The van der Waals surface area contributed by atoms with Gasteiger partial charge in [-0.2, -0.15) is 0 Å². The SMILES string of the molecule is CCCCC/C=C/C/C=C/CCCCCCCCCCCC(=O)OCC(COC(=O)CCCCCCCCCCC/C=C/C/C=C/CCCCC)OC(=O)CCCCCCCCCCC/C=C/C/C=C/CCCCC. The van der Waals surface area contributed by atoms with Crippen LogP contribution in [-0.2, 0) is 28.6 Å². The lowest BCUT2D eigenvalue weighted by Gasteiger charge is -2.18. The second kappa shape index (κ2) is 63.4. The summed E-state index contributed by atoms with van der Waals surface area (Å²) in [6.45, 7) is 6.60. The van der Waals surface area contributed by atoms with Gasteiger partial charge in [0.1, 0.15) is 13.2 Å². The Morgan fingerprint density at radius 3 is 0.733 bits per heavy atom. The Morgan fingerprint density at radius 1 is 0.267 bits per heavy atom. The fourth-order valence-corrected chi connectivity index (χ4v) is 9.24. The molecule has 0 saturated carbocycles. The molecule has 0 aromatic carbocycles. The summed E-state index contributed by atoms with van der Waals surface area (Å²) in [7, 11) is 0. The first-order valence-corrected chi connectivity index (χ1v) is 32.4. The summed E-state index contributed by atoms with van der Waals surface area (Å²) in [6, 6.07) is 0. The zero-order valence-electron chi connectivity index (χ0n) is 49.8. The molecule has 0 unspecified atom stereocenters. The maximum atomic E-state index is 12.9. The second-order valence-electron chi connectivity index (χ2n) is 21.7. The van der Waals surface area contributed by atoms with E-state index in [0.717, 1.165) is 77.0 Å². The van der Waals surface area contributed by atoms with Gasteiger partial charge >= 0.3 is 17.9 Å². The molecule has 0 aromatic rings. The normalized spacial score (nSPS) is 12.2. The first-order chi connectivity index (χ1) is 37.0. The topological polar surface area (TPSA) is 78.9 Å². The van der Waals surface area contributed by atoms with Crippen molar-refractivity contribution in [2.45, 2.75) is 335 Å². The zero-order chi connectivity index (χ0) is 54.3. The van der Waals surface area contributed by atoms with Gasteiger partial charge in [0.25, 0.3) is 0 Å². The number of carbonyl (C=O) groups excluding carboxylic acids is 3. The number of unbranched alkanes of at least 4 members (excludes halogenated alkanes) is 36. The molecule has 0 amide bonds. The molecule has 434 valence electrons. The van der Waals surface area contributed by atoms with Gasteiger partial charge in [0.2, 0.25) is 0 Å². The molecule has 0 rings (SSSR count). The third-order valence-electron chi connectivity index (χ3n) is 14.2. The van der Waals surface area contributed by atoms with Gasteiger partial charge in [-0.15, -0.1) is 0 Å². The van der Waals surface area contributed by atoms with Gasteiger partial charge < -0.3 is 14.2 Å². The molecule has 75 heavy (non-hydrogen) atoms. The summed E-state index contributed by atoms with van der Waals surface area (Å²) < 4.78 is 17.0. The third kappa shape index (κ3) is 61.6. The van der Waals surface area contributed by atoms with Crippen LogP contribution < -0.4 is 0 Å². The molecule has 0 aliphatic rings. The van der Waals surface area contributed by atoms with E-state index in [1.54, 1.807) is 0 Å². The standard InChI is InChI=1S/C69H122O6/c1-4-7-10-13-16-19-22-25-28-31-34-37-40-43-46-49-52-55-58-61-67(70)73-64-66(75-69(72)63-60-57-54-51-48-45-42-39-36-33-30-27-24-21-18-15-12-9-6-3)65-74-68(71)62-59-56-53-50-47-44-41-38-35-32-29-26-23-20-17-14-11-8-5-2/h16-21,25-30,66H,4-15,22-24,31-65H2,1-3H3/b19-16+,20-17+,21-18+,28-25+,29-26+,30-27+. The van der Waals surface area contributed by atoms with Gasteiger partial charge in [-0.25, -0.2) is 0 Å². The quantitative estimate of drug-likeness (QED) is 0.0261. The fraction of sp³-hybridized carbons (Fsp3) is 0.783. The molecule has 0 fully saturated rings. The molecule has 6 nitrogen and oxygen atoms in total. The van der Waals surface area contributed by atoms with Gasteiger partial charge in [0.05, 0.1) is 0 Å². The van der Waals surface area contributed by atoms with Crippen LogP contribution in [0.5, 0.6) is 0 Å². The van der Waals surface area contributed by atoms with Crippen LogP contribution in [0.3, 0.4) is 0 Å². The highest BCUT2D eigenvalue weighted by atomic mass is 16.6. The third-order valence-corrected chi connectivity index (χ3v) is 14.2. The van der Waals surface area contributed by atoms with E-state index in [-0.39, 0.29) is 31.1 Å². The molecule has 6 heteroatoms. The molecular weight excluding hydrogens is 925 g/mol. The monoisotopic (exact) mass is 1050 g/mol. The Hall–Kier alpha value is -3.15. The van der Waals surface area contributed by atoms with Crippen molar-refractivity contribution >= 4 is 17.9 Å². The molecule has 0 saturated heterocycles. The molecule has 0 spiro atoms. The Labute approximate surface area is 465 Å². The Morgan fingerprint density at radius 2 is 0.480 bits per heavy atom. The Bertz CT molecular complexity index is 1320. The molecule has 0 radical (unpaired) electrons. The molecule has 0 aliphatic carbocycles. The fourth-order valence-electron chi connectivity index (χ4n) is 9.24. The van der Waals surface area contributed by atoms with Crippen molar-refractivity contribution in [2.75, 3.05) is 13.2 Å². The van der Waals surface area contributed by atoms with E-state index in [9.17, 15) is 14.4 Å². The number of ether oxygens (including phenoxy) is 3. The van der Waals surface area contributed by atoms with Gasteiger partial charge in [-0.3, -0.25) is 14.4 Å². The van der Waals surface area contributed by atoms with Gasteiger partial charge in [-0.1, -0.05) is 267 Å². The first kappa shape index (κ1) is 71.8. The highest BCUT2D eigenvalue weighted by Crippen LogP contribution is 2.16. The van der Waals surface area contributed by atoms with Gasteiger partial charge in [-0.05, 0) is 116 Å². The van der Waals surface area contributed by atoms with Crippen LogP contribution in [0.1, 0.15) is 329 Å². The van der Waals surface area contributed by atoms with Crippen molar-refractivity contribution in [1.82, 2.24) is 0 Å². The number of allylic oxidation sites excluding steroid dienone is 12. The van der Waals surface area contributed by atoms with E-state index in [1.165, 1.54) is 212 Å². The van der Waals surface area contributed by atoms with Gasteiger partial charge in [0, 0.05) is 19.3 Å². The summed E-state index contributed by atoms with van der Waals surface area (Å²) in [5, 5.41) is 0. The maximum Gasteiger partial charge on any atom is 0.306 e. The minimum atomic E-state index is -0.783. The van der Waals surface area contributed by atoms with Crippen molar-refractivity contribution in [2.24, 2.45) is 0 Å². The van der Waals surface area contributed by atoms with E-state index in [4.69, 9.17) is 14.2 Å². The van der Waals surface area contributed by atoms with Crippen molar-refractivity contribution in [1.29, 1.82) is 0 Å². The minimum absolute atomic E-state index is 0.0792. The van der Waals surface area contributed by atoms with Crippen LogP contribution in [-0.4, -0.2) is 37.2 Å². The van der Waals surface area contributed by atoms with E-state index in [0.29, 0.717) is 19.3 Å². The van der Waals surface area contributed by atoms with E-state index < -0.39 is 6.10 Å². The molecule has 0 heterocycles. The molecule has 0 atom stereocenters. The van der Waals surface area contributed by atoms with E-state index in [2.05, 4.69) is 93.7 Å². The van der Waals surface area contributed by atoms with Crippen LogP contribution >= 0.6 is 0 Å². The number of carbonyl (C=O) groups is 3. The average molecular weight is 1050 g/mol. The van der Waals surface area contributed by atoms with Crippen LogP contribution in [0.2, 0.25) is 0 Å². The molecule has 0 bridgehead atoms. The summed E-state index contributed by atoms with van der Waals surface area (Å²) in [6.07, 6.45) is 81.8. The predicted octanol–water partition coefficient (Wildman–Crippen LogP) is 22.1. The number of rotatable bonds is 59. The summed E-state index contributed by atoms with van der Waals surface area (Å²) in [5.74, 6) is -0.876. The smallest absolute Gasteiger partial charge is 0.306 e. The number of hydrogen-bond donors (Lipinski definition) is 0. The van der Waals surface area contributed by atoms with Crippen molar-refractivity contribution < 1.29 is 28.6 Å². The Kier molecular flexibility index (Phi) is 60.7. The Balaban J connectivity index is 4.38. The van der Waals surface area contributed by atoms with Crippen molar-refractivity contribution in [3.8, 4) is 0 Å². The van der Waals surface area contributed by atoms with Gasteiger partial charge in [0.15, 0.2) is 6.10 Å². The first-order valence-electron chi connectivity index (χ1n) is 32.4.